The van der Waals surface area contributed by atoms with Crippen LogP contribution in [-0.4, -0.2) is 33.6 Å². The second-order valence-corrected chi connectivity index (χ2v) is 8.50. The molecule has 0 saturated carbocycles. The number of hydrogen-bond donors (Lipinski definition) is 4. The summed E-state index contributed by atoms with van der Waals surface area (Å²) in [6.45, 7) is 0. The number of Topliss-reactive ketones (excluding diaryl/α,β-unsaturated/α-hetero) is 2. The Morgan fingerprint density at radius 2 is 0.971 bits per heavy atom. The van der Waals surface area contributed by atoms with E-state index in [-0.39, 0.29) is 11.1 Å². The highest BCUT2D eigenvalue weighted by Crippen LogP contribution is 2.40. The average molecular weight is 456 g/mol. The van der Waals surface area contributed by atoms with E-state index in [0.717, 1.165) is 0 Å². The molecule has 2 aliphatic rings. The van der Waals surface area contributed by atoms with Crippen LogP contribution >= 0.6 is 0 Å². The monoisotopic (exact) mass is 456 g/mol. The van der Waals surface area contributed by atoms with E-state index in [0.29, 0.717) is 22.5 Å². The van der Waals surface area contributed by atoms with E-state index >= 15 is 0 Å². The number of amides is 2. The van der Waals surface area contributed by atoms with Gasteiger partial charge in [0.2, 0.25) is 0 Å². The van der Waals surface area contributed by atoms with Gasteiger partial charge in [0.25, 0.3) is 11.8 Å². The average Bonchev–Trinajstić information content (AvgIpc) is 3.23. The normalized spacial score (nSPS) is 22.5. The summed E-state index contributed by atoms with van der Waals surface area (Å²) in [4.78, 5) is 50.4. The Kier molecular flexibility index (Phi) is 4.93. The summed E-state index contributed by atoms with van der Waals surface area (Å²) < 4.78 is 0. The highest BCUT2D eigenvalue weighted by atomic mass is 16.3. The van der Waals surface area contributed by atoms with Crippen molar-refractivity contribution in [3.05, 3.63) is 95.1 Å². The van der Waals surface area contributed by atoms with Gasteiger partial charge in [0, 0.05) is 33.6 Å². The van der Waals surface area contributed by atoms with Crippen molar-refractivity contribution in [1.29, 1.82) is 0 Å². The Morgan fingerprint density at radius 1 is 0.618 bits per heavy atom. The van der Waals surface area contributed by atoms with Gasteiger partial charge in [-0.25, -0.2) is 0 Å². The van der Waals surface area contributed by atoms with Crippen LogP contribution in [0.3, 0.4) is 0 Å². The molecular formula is C26H20N2O6. The van der Waals surface area contributed by atoms with Crippen molar-refractivity contribution in [2.75, 3.05) is 10.6 Å². The summed E-state index contributed by atoms with van der Waals surface area (Å²) >= 11 is 0. The Labute approximate surface area is 194 Å². The van der Waals surface area contributed by atoms with Crippen molar-refractivity contribution in [3.63, 3.8) is 0 Å². The minimum Gasteiger partial charge on any atom is -0.375 e. The van der Waals surface area contributed by atoms with Gasteiger partial charge in [-0.3, -0.25) is 19.2 Å². The molecule has 0 radical (unpaired) electrons. The molecule has 3 aromatic rings. The van der Waals surface area contributed by atoms with E-state index < -0.39 is 47.4 Å². The summed E-state index contributed by atoms with van der Waals surface area (Å²) in [5.74, 6) is -2.29. The maximum atomic E-state index is 12.8. The maximum Gasteiger partial charge on any atom is 0.261 e. The Bertz CT molecular complexity index is 1260. The summed E-state index contributed by atoms with van der Waals surface area (Å²) in [5, 5.41) is 27.0. The zero-order valence-electron chi connectivity index (χ0n) is 17.9. The first-order valence-corrected chi connectivity index (χ1v) is 10.7. The van der Waals surface area contributed by atoms with Crippen LogP contribution in [0, 0.1) is 0 Å². The second kappa shape index (κ2) is 7.72. The van der Waals surface area contributed by atoms with Crippen molar-refractivity contribution in [2.24, 2.45) is 0 Å². The SMILES string of the molecule is O=C(CC1(O)C(=O)Nc2ccccc21)c1ccc(C(=O)CC2(O)C(=O)Nc3ccccc32)cc1. The molecule has 8 heteroatoms. The highest BCUT2D eigenvalue weighted by molar-refractivity contribution is 6.11. The predicted octanol–water partition coefficient (Wildman–Crippen LogP) is 2.51. The smallest absolute Gasteiger partial charge is 0.261 e. The minimum absolute atomic E-state index is 0.213. The standard InChI is InChI=1S/C26H20N2O6/c29-21(13-25(33)17-5-1-3-7-19(17)27-23(25)31)15-9-11-16(12-10-15)22(30)14-26(34)18-6-2-4-8-20(18)28-24(26)32/h1-12,33-34H,13-14H2,(H,27,31)(H,28,32). The molecule has 3 aromatic carbocycles. The summed E-state index contributed by atoms with van der Waals surface area (Å²) in [6.07, 6.45) is -0.917. The quantitative estimate of drug-likeness (QED) is 0.422. The van der Waals surface area contributed by atoms with E-state index in [1.165, 1.54) is 24.3 Å². The Balaban J connectivity index is 1.32. The van der Waals surface area contributed by atoms with Gasteiger partial charge in [-0.2, -0.15) is 0 Å². The molecule has 8 nitrogen and oxygen atoms in total. The summed E-state index contributed by atoms with van der Waals surface area (Å²) in [5.41, 5.74) is -1.94. The minimum atomic E-state index is -1.98. The fraction of sp³-hybridized carbons (Fsp3) is 0.154. The van der Waals surface area contributed by atoms with Crippen LogP contribution in [0.1, 0.15) is 44.7 Å². The molecule has 0 aliphatic carbocycles. The van der Waals surface area contributed by atoms with E-state index in [1.54, 1.807) is 48.5 Å². The molecule has 2 aliphatic heterocycles. The third kappa shape index (κ3) is 3.32. The topological polar surface area (TPSA) is 133 Å². The van der Waals surface area contributed by atoms with Gasteiger partial charge in [0.1, 0.15) is 0 Å². The molecule has 170 valence electrons. The van der Waals surface area contributed by atoms with Crippen molar-refractivity contribution in [2.45, 2.75) is 24.0 Å². The number of ketones is 2. The first kappa shape index (κ1) is 21.7. The Hall–Kier alpha value is -4.14. The molecule has 0 spiro atoms. The lowest BCUT2D eigenvalue weighted by Gasteiger charge is -2.20. The number of benzene rings is 3. The van der Waals surface area contributed by atoms with Crippen LogP contribution in [0.2, 0.25) is 0 Å². The third-order valence-electron chi connectivity index (χ3n) is 6.35. The Morgan fingerprint density at radius 3 is 1.35 bits per heavy atom. The lowest BCUT2D eigenvalue weighted by molar-refractivity contribution is -0.133. The van der Waals surface area contributed by atoms with Crippen molar-refractivity contribution < 1.29 is 29.4 Å². The van der Waals surface area contributed by atoms with Crippen molar-refractivity contribution >= 4 is 34.8 Å². The highest BCUT2D eigenvalue weighted by Gasteiger charge is 2.47. The van der Waals surface area contributed by atoms with Gasteiger partial charge in [-0.1, -0.05) is 60.7 Å². The number of hydrogen-bond acceptors (Lipinski definition) is 6. The van der Waals surface area contributed by atoms with Gasteiger partial charge in [-0.15, -0.1) is 0 Å². The van der Waals surface area contributed by atoms with Gasteiger partial charge >= 0.3 is 0 Å². The number of nitrogens with one attached hydrogen (secondary N) is 2. The zero-order chi connectivity index (χ0) is 24.1. The maximum absolute atomic E-state index is 12.8. The summed E-state index contributed by atoms with van der Waals surface area (Å²) in [7, 11) is 0. The molecule has 0 saturated heterocycles. The molecule has 2 amide bonds. The van der Waals surface area contributed by atoms with E-state index in [1.807, 2.05) is 0 Å². The van der Waals surface area contributed by atoms with Gasteiger partial charge in [-0.05, 0) is 12.1 Å². The first-order valence-electron chi connectivity index (χ1n) is 10.7. The van der Waals surface area contributed by atoms with E-state index in [4.69, 9.17) is 0 Å². The van der Waals surface area contributed by atoms with Gasteiger partial charge in [0.15, 0.2) is 22.8 Å². The number of anilines is 2. The number of fused-ring (bicyclic) bond motifs is 2. The van der Waals surface area contributed by atoms with Gasteiger partial charge in [0.05, 0.1) is 12.8 Å². The molecule has 4 N–H and O–H groups in total. The van der Waals surface area contributed by atoms with Crippen LogP contribution < -0.4 is 10.6 Å². The molecule has 2 unspecified atom stereocenters. The van der Waals surface area contributed by atoms with Crippen molar-refractivity contribution in [3.8, 4) is 0 Å². The number of para-hydroxylation sites is 2. The molecule has 2 heterocycles. The zero-order valence-corrected chi connectivity index (χ0v) is 17.9. The summed E-state index contributed by atoms with van der Waals surface area (Å²) in [6, 6.07) is 18.9. The van der Waals surface area contributed by atoms with Gasteiger partial charge < -0.3 is 20.8 Å². The van der Waals surface area contributed by atoms with Crippen LogP contribution in [0.4, 0.5) is 11.4 Å². The molecule has 34 heavy (non-hydrogen) atoms. The largest absolute Gasteiger partial charge is 0.375 e. The number of rotatable bonds is 6. The molecule has 0 aromatic heterocycles. The lowest BCUT2D eigenvalue weighted by Crippen LogP contribution is -2.36. The second-order valence-electron chi connectivity index (χ2n) is 8.50. The fourth-order valence-electron chi connectivity index (χ4n) is 4.46. The molecular weight excluding hydrogens is 436 g/mol. The predicted molar refractivity (Wildman–Crippen MR) is 122 cm³/mol. The number of carbonyl (C=O) groups excluding carboxylic acids is 4. The molecule has 2 atom stereocenters. The fourth-order valence-corrected chi connectivity index (χ4v) is 4.46. The van der Waals surface area contributed by atoms with Crippen LogP contribution in [0.25, 0.3) is 0 Å². The van der Waals surface area contributed by atoms with Crippen LogP contribution in [0.5, 0.6) is 0 Å². The molecule has 0 bridgehead atoms. The first-order chi connectivity index (χ1) is 16.2. The molecule has 5 rings (SSSR count). The lowest BCUT2D eigenvalue weighted by atomic mass is 9.86. The number of aliphatic hydroxyl groups is 2. The van der Waals surface area contributed by atoms with Crippen LogP contribution in [-0.2, 0) is 20.8 Å². The third-order valence-corrected chi connectivity index (χ3v) is 6.35. The van der Waals surface area contributed by atoms with Crippen molar-refractivity contribution in [1.82, 2.24) is 0 Å². The molecule has 0 fully saturated rings. The van der Waals surface area contributed by atoms with Crippen LogP contribution in [0.15, 0.2) is 72.8 Å². The van der Waals surface area contributed by atoms with E-state index in [9.17, 15) is 29.4 Å². The number of carbonyl (C=O) groups is 4. The van der Waals surface area contributed by atoms with E-state index in [2.05, 4.69) is 10.6 Å².